The number of fused-ring (bicyclic) bond motifs is 1. The number of carbonyl (C=O) groups excluding carboxylic acids is 1. The van der Waals surface area contributed by atoms with Crippen molar-refractivity contribution in [3.8, 4) is 5.88 Å². The molecule has 26 heavy (non-hydrogen) atoms. The maximum absolute atomic E-state index is 12.4. The Kier molecular flexibility index (Phi) is 4.49. The van der Waals surface area contributed by atoms with Gasteiger partial charge in [0.1, 0.15) is 5.56 Å². The van der Waals surface area contributed by atoms with E-state index in [1.54, 1.807) is 24.7 Å². The van der Waals surface area contributed by atoms with Crippen molar-refractivity contribution in [3.63, 3.8) is 0 Å². The molecule has 0 radical (unpaired) electrons. The average Bonchev–Trinajstić information content (AvgIpc) is 2.86. The van der Waals surface area contributed by atoms with Gasteiger partial charge in [-0.1, -0.05) is 0 Å². The van der Waals surface area contributed by atoms with Gasteiger partial charge in [-0.05, 0) is 25.1 Å². The van der Waals surface area contributed by atoms with Crippen LogP contribution in [0, 0.1) is 6.92 Å². The van der Waals surface area contributed by atoms with E-state index in [2.05, 4.69) is 25.1 Å². The lowest BCUT2D eigenvalue weighted by molar-refractivity contribution is -0.154. The van der Waals surface area contributed by atoms with Crippen LogP contribution in [0.5, 0.6) is 5.88 Å². The van der Waals surface area contributed by atoms with E-state index in [4.69, 9.17) is 0 Å². The van der Waals surface area contributed by atoms with Gasteiger partial charge in [0.15, 0.2) is 12.3 Å². The van der Waals surface area contributed by atoms with Crippen LogP contribution in [-0.2, 0) is 7.05 Å². The molecule has 0 atom stereocenters. The number of aromatic nitrogens is 4. The van der Waals surface area contributed by atoms with Crippen molar-refractivity contribution in [3.05, 3.63) is 41.9 Å². The molecule has 0 saturated heterocycles. The fourth-order valence-corrected chi connectivity index (χ4v) is 2.40. The Labute approximate surface area is 145 Å². The topological polar surface area (TPSA) is 81.9 Å². The number of rotatable bonds is 4. The fourth-order valence-electron chi connectivity index (χ4n) is 2.40. The van der Waals surface area contributed by atoms with Crippen molar-refractivity contribution in [1.29, 1.82) is 0 Å². The Morgan fingerprint density at radius 3 is 2.85 bits per heavy atom. The van der Waals surface area contributed by atoms with Gasteiger partial charge in [0.05, 0.1) is 17.6 Å². The minimum absolute atomic E-state index is 0.111. The van der Waals surface area contributed by atoms with Gasteiger partial charge in [-0.25, -0.2) is 9.97 Å². The number of alkyl halides is 3. The van der Waals surface area contributed by atoms with Crippen LogP contribution in [0.2, 0.25) is 0 Å². The predicted molar refractivity (Wildman–Crippen MR) is 87.0 cm³/mol. The summed E-state index contributed by atoms with van der Waals surface area (Å²) in [7, 11) is 1.75. The molecule has 0 aliphatic rings. The monoisotopic (exact) mass is 365 g/mol. The maximum atomic E-state index is 12.4. The smallest absolute Gasteiger partial charge is 0.422 e. The zero-order chi connectivity index (χ0) is 18.9. The number of amides is 1. The highest BCUT2D eigenvalue weighted by atomic mass is 19.4. The molecule has 0 aliphatic heterocycles. The molecular weight excluding hydrogens is 351 g/mol. The second-order valence-corrected chi connectivity index (χ2v) is 5.52. The molecule has 3 rings (SSSR count). The lowest BCUT2D eigenvalue weighted by atomic mass is 10.2. The molecule has 1 N–H and O–H groups in total. The summed E-state index contributed by atoms with van der Waals surface area (Å²) < 4.78 is 43.3. The Morgan fingerprint density at radius 1 is 1.35 bits per heavy atom. The third-order valence-electron chi connectivity index (χ3n) is 3.51. The number of nitrogens with zero attached hydrogens (tertiary/aromatic N) is 4. The van der Waals surface area contributed by atoms with Gasteiger partial charge < -0.3 is 10.1 Å². The molecule has 0 spiro atoms. The van der Waals surface area contributed by atoms with Crippen molar-refractivity contribution in [2.45, 2.75) is 13.1 Å². The molecule has 3 aromatic rings. The number of hydrogen-bond donors (Lipinski definition) is 1. The van der Waals surface area contributed by atoms with E-state index in [-0.39, 0.29) is 5.56 Å². The third-order valence-corrected chi connectivity index (χ3v) is 3.51. The quantitative estimate of drug-likeness (QED) is 0.769. The summed E-state index contributed by atoms with van der Waals surface area (Å²) in [6, 6.07) is 4.45. The van der Waals surface area contributed by atoms with Crippen LogP contribution < -0.4 is 10.1 Å². The van der Waals surface area contributed by atoms with E-state index in [0.717, 1.165) is 11.1 Å². The molecule has 3 heterocycles. The van der Waals surface area contributed by atoms with E-state index >= 15 is 0 Å². The highest BCUT2D eigenvalue weighted by Crippen LogP contribution is 2.23. The van der Waals surface area contributed by atoms with Crippen LogP contribution in [0.1, 0.15) is 16.1 Å². The van der Waals surface area contributed by atoms with Crippen molar-refractivity contribution >= 4 is 22.6 Å². The van der Waals surface area contributed by atoms with Crippen LogP contribution in [-0.4, -0.2) is 38.4 Å². The fraction of sp³-hybridized carbons (Fsp3) is 0.250. The summed E-state index contributed by atoms with van der Waals surface area (Å²) in [6.45, 7) is 0.270. The summed E-state index contributed by atoms with van der Waals surface area (Å²) in [5, 5.41) is 7.57. The molecule has 0 aromatic carbocycles. The number of anilines is 1. The van der Waals surface area contributed by atoms with Crippen LogP contribution in [0.3, 0.4) is 0 Å². The largest absolute Gasteiger partial charge is 0.467 e. The lowest BCUT2D eigenvalue weighted by Gasteiger charge is -2.12. The number of halogens is 3. The normalized spacial score (nSPS) is 11.6. The molecule has 3 aromatic heterocycles. The zero-order valence-electron chi connectivity index (χ0n) is 13.8. The summed E-state index contributed by atoms with van der Waals surface area (Å²) in [4.78, 5) is 20.4. The second kappa shape index (κ2) is 6.62. The molecule has 0 unspecified atom stereocenters. The summed E-state index contributed by atoms with van der Waals surface area (Å²) >= 11 is 0. The molecule has 0 aliphatic carbocycles. The highest BCUT2D eigenvalue weighted by Gasteiger charge is 2.29. The van der Waals surface area contributed by atoms with Crippen molar-refractivity contribution in [2.24, 2.45) is 7.05 Å². The number of ether oxygens (including phenoxy) is 1. The number of hydrogen-bond acceptors (Lipinski definition) is 5. The lowest BCUT2D eigenvalue weighted by Crippen LogP contribution is -2.22. The number of aryl methyl sites for hydroxylation is 2. The van der Waals surface area contributed by atoms with Gasteiger partial charge in [0.25, 0.3) is 5.91 Å². The summed E-state index contributed by atoms with van der Waals surface area (Å²) in [6.07, 6.45) is -1.85. The summed E-state index contributed by atoms with van der Waals surface area (Å²) in [5.41, 5.74) is 1.65. The SMILES string of the molecule is Cc1nn(C)c2ncc(NC(=O)c3cccnc3OCC(F)(F)F)cc12. The molecular formula is C16H14F3N5O2. The Hall–Kier alpha value is -3.17. The van der Waals surface area contributed by atoms with E-state index < -0.39 is 24.6 Å². The second-order valence-electron chi connectivity index (χ2n) is 5.52. The first-order valence-corrected chi connectivity index (χ1v) is 7.50. The molecule has 136 valence electrons. The molecule has 7 nitrogen and oxygen atoms in total. The Morgan fingerprint density at radius 2 is 2.12 bits per heavy atom. The van der Waals surface area contributed by atoms with E-state index in [1.165, 1.54) is 24.5 Å². The van der Waals surface area contributed by atoms with Crippen LogP contribution in [0.15, 0.2) is 30.6 Å². The van der Waals surface area contributed by atoms with Crippen LogP contribution in [0.25, 0.3) is 11.0 Å². The number of carbonyl (C=O) groups is 1. The predicted octanol–water partition coefficient (Wildman–Crippen LogP) is 2.87. The van der Waals surface area contributed by atoms with Gasteiger partial charge in [-0.3, -0.25) is 9.48 Å². The minimum Gasteiger partial charge on any atom is -0.467 e. The summed E-state index contributed by atoms with van der Waals surface area (Å²) in [5.74, 6) is -1.05. The Balaban J connectivity index is 1.83. The minimum atomic E-state index is -4.53. The molecule has 10 heteroatoms. The van der Waals surface area contributed by atoms with Gasteiger partial charge >= 0.3 is 6.18 Å². The van der Waals surface area contributed by atoms with Gasteiger partial charge in [-0.2, -0.15) is 18.3 Å². The van der Waals surface area contributed by atoms with Crippen molar-refractivity contribution < 1.29 is 22.7 Å². The zero-order valence-corrected chi connectivity index (χ0v) is 13.8. The molecule has 0 saturated carbocycles. The van der Waals surface area contributed by atoms with Crippen molar-refractivity contribution in [2.75, 3.05) is 11.9 Å². The number of pyridine rings is 2. The molecule has 0 bridgehead atoms. The first-order chi connectivity index (χ1) is 12.2. The molecule has 0 fully saturated rings. The van der Waals surface area contributed by atoms with Gasteiger partial charge in [-0.15, -0.1) is 0 Å². The van der Waals surface area contributed by atoms with E-state index in [0.29, 0.717) is 11.3 Å². The average molecular weight is 365 g/mol. The standard InChI is InChI=1S/C16H14F3N5O2/c1-9-12-6-10(7-21-13(12)24(2)23-9)22-14(25)11-4-3-5-20-15(11)26-8-16(17,18)19/h3-7H,8H2,1-2H3,(H,22,25). The maximum Gasteiger partial charge on any atom is 0.422 e. The Bertz CT molecular complexity index is 968. The van der Waals surface area contributed by atoms with E-state index in [9.17, 15) is 18.0 Å². The van der Waals surface area contributed by atoms with Crippen molar-refractivity contribution in [1.82, 2.24) is 19.7 Å². The number of nitrogens with one attached hydrogen (secondary N) is 1. The highest BCUT2D eigenvalue weighted by molar-refractivity contribution is 6.06. The van der Waals surface area contributed by atoms with Crippen LogP contribution in [0.4, 0.5) is 18.9 Å². The van der Waals surface area contributed by atoms with Crippen LogP contribution >= 0.6 is 0 Å². The van der Waals surface area contributed by atoms with Gasteiger partial charge in [0, 0.05) is 18.6 Å². The third kappa shape index (κ3) is 3.73. The van der Waals surface area contributed by atoms with Gasteiger partial charge in [0.2, 0.25) is 5.88 Å². The first-order valence-electron chi connectivity index (χ1n) is 7.50. The first kappa shape index (κ1) is 17.6. The van der Waals surface area contributed by atoms with E-state index in [1.807, 2.05) is 0 Å². The molecule has 1 amide bonds.